The number of fused-ring (bicyclic) bond motifs is 2. The smallest absolute Gasteiger partial charge is 0.123 e. The molecule has 0 saturated heterocycles. The van der Waals surface area contributed by atoms with Gasteiger partial charge in [0.25, 0.3) is 0 Å². The van der Waals surface area contributed by atoms with Crippen LogP contribution >= 0.6 is 0 Å². The molecule has 1 heteroatoms. The van der Waals surface area contributed by atoms with Crippen molar-refractivity contribution in [1.29, 1.82) is 0 Å². The highest BCUT2D eigenvalue weighted by atomic mass is 16.1. The van der Waals surface area contributed by atoms with Crippen molar-refractivity contribution in [3.05, 3.63) is 12.2 Å². The van der Waals surface area contributed by atoms with Gasteiger partial charge in [-0.05, 0) is 24.7 Å². The van der Waals surface area contributed by atoms with Gasteiger partial charge in [0.05, 0.1) is 0 Å². The van der Waals surface area contributed by atoms with E-state index >= 15 is 0 Å². The predicted molar refractivity (Wildman–Crippen MR) is 34.9 cm³/mol. The fourth-order valence-electron chi connectivity index (χ4n) is 1.98. The highest BCUT2D eigenvalue weighted by molar-refractivity contribution is 5.56. The number of aldehydes is 1. The summed E-state index contributed by atoms with van der Waals surface area (Å²) in [7, 11) is 0. The zero-order valence-electron chi connectivity index (χ0n) is 5.29. The normalized spacial score (nSPS) is 46.0. The molecule has 0 aliphatic heterocycles. The molecule has 0 spiro atoms. The Kier molecular flexibility index (Phi) is 0.981. The van der Waals surface area contributed by atoms with Crippen LogP contribution in [0.25, 0.3) is 0 Å². The van der Waals surface area contributed by atoms with Crippen molar-refractivity contribution in [2.45, 2.75) is 12.8 Å². The van der Waals surface area contributed by atoms with E-state index in [1.165, 1.54) is 6.42 Å². The summed E-state index contributed by atoms with van der Waals surface area (Å²) < 4.78 is 0. The van der Waals surface area contributed by atoms with Gasteiger partial charge in [0.1, 0.15) is 6.29 Å². The van der Waals surface area contributed by atoms with Gasteiger partial charge < -0.3 is 4.79 Å². The number of hydrogen-bond donors (Lipinski definition) is 0. The first kappa shape index (κ1) is 5.21. The molecule has 3 atom stereocenters. The average molecular weight is 122 g/mol. The summed E-state index contributed by atoms with van der Waals surface area (Å²) in [6.07, 6.45) is 7.93. The Morgan fingerprint density at radius 3 is 2.56 bits per heavy atom. The van der Waals surface area contributed by atoms with Gasteiger partial charge in [-0.3, -0.25) is 0 Å². The van der Waals surface area contributed by atoms with E-state index < -0.39 is 0 Å². The first-order valence-corrected chi connectivity index (χ1v) is 3.54. The summed E-state index contributed by atoms with van der Waals surface area (Å²) in [5.74, 6) is 1.71. The van der Waals surface area contributed by atoms with Crippen molar-refractivity contribution in [2.24, 2.45) is 17.8 Å². The molecular weight excluding hydrogens is 112 g/mol. The van der Waals surface area contributed by atoms with Crippen LogP contribution in [0.5, 0.6) is 0 Å². The van der Waals surface area contributed by atoms with Crippen molar-refractivity contribution in [3.8, 4) is 0 Å². The predicted octanol–water partition coefficient (Wildman–Crippen LogP) is 1.40. The van der Waals surface area contributed by atoms with E-state index in [1.54, 1.807) is 0 Å². The molecule has 1 fully saturated rings. The zero-order valence-corrected chi connectivity index (χ0v) is 5.29. The number of carbonyl (C=O) groups is 1. The first-order chi connectivity index (χ1) is 4.40. The van der Waals surface area contributed by atoms with Gasteiger partial charge in [-0.25, -0.2) is 0 Å². The lowest BCUT2D eigenvalue weighted by Crippen LogP contribution is -2.07. The van der Waals surface area contributed by atoms with E-state index in [4.69, 9.17) is 0 Å². The quantitative estimate of drug-likeness (QED) is 0.379. The Hall–Kier alpha value is -0.590. The summed E-state index contributed by atoms with van der Waals surface area (Å²) >= 11 is 0. The van der Waals surface area contributed by atoms with Gasteiger partial charge in [-0.1, -0.05) is 12.2 Å². The molecule has 0 aromatic carbocycles. The summed E-state index contributed by atoms with van der Waals surface area (Å²) in [4.78, 5) is 10.4. The molecule has 9 heavy (non-hydrogen) atoms. The van der Waals surface area contributed by atoms with Gasteiger partial charge in [0, 0.05) is 5.92 Å². The number of allylic oxidation sites excluding steroid dienone is 2. The fraction of sp³-hybridized carbons (Fsp3) is 0.625. The van der Waals surface area contributed by atoms with Gasteiger partial charge in [0.2, 0.25) is 0 Å². The molecular formula is C8H10O. The lowest BCUT2D eigenvalue weighted by molar-refractivity contribution is -0.111. The van der Waals surface area contributed by atoms with Crippen molar-refractivity contribution < 1.29 is 4.79 Å². The van der Waals surface area contributed by atoms with Crippen molar-refractivity contribution >= 4 is 6.29 Å². The van der Waals surface area contributed by atoms with E-state index in [0.29, 0.717) is 11.8 Å². The summed E-state index contributed by atoms with van der Waals surface area (Å²) in [5.41, 5.74) is 0. The standard InChI is InChI=1S/C8H10O/c9-5-8-4-6-1-2-7(8)3-6/h1-2,5-8H,3-4H2. The molecule has 0 aromatic rings. The van der Waals surface area contributed by atoms with Crippen LogP contribution in [0.4, 0.5) is 0 Å². The third-order valence-corrected chi connectivity index (χ3v) is 2.51. The summed E-state index contributed by atoms with van der Waals surface area (Å²) in [6, 6.07) is 0. The number of carbonyl (C=O) groups excluding carboxylic acids is 1. The SMILES string of the molecule is O=CC1CC2C=CC1C2. The summed E-state index contributed by atoms with van der Waals surface area (Å²) in [6.45, 7) is 0. The highest BCUT2D eigenvalue weighted by Gasteiger charge is 2.34. The lowest BCUT2D eigenvalue weighted by Gasteiger charge is -2.08. The Bertz CT molecular complexity index is 160. The lowest BCUT2D eigenvalue weighted by atomic mass is 9.95. The third-order valence-electron chi connectivity index (χ3n) is 2.51. The van der Waals surface area contributed by atoms with Gasteiger partial charge in [-0.2, -0.15) is 0 Å². The Balaban J connectivity index is 2.19. The van der Waals surface area contributed by atoms with Crippen LogP contribution in [0.1, 0.15) is 12.8 Å². The number of hydrogen-bond acceptors (Lipinski definition) is 1. The van der Waals surface area contributed by atoms with E-state index in [9.17, 15) is 4.79 Å². The monoisotopic (exact) mass is 122 g/mol. The van der Waals surface area contributed by atoms with Gasteiger partial charge in [-0.15, -0.1) is 0 Å². The first-order valence-electron chi connectivity index (χ1n) is 3.54. The molecule has 0 aromatic heterocycles. The second-order valence-electron chi connectivity index (χ2n) is 3.08. The second-order valence-corrected chi connectivity index (χ2v) is 3.08. The Morgan fingerprint density at radius 2 is 2.22 bits per heavy atom. The highest BCUT2D eigenvalue weighted by Crippen LogP contribution is 2.42. The second kappa shape index (κ2) is 1.69. The molecule has 48 valence electrons. The van der Waals surface area contributed by atoms with Crippen LogP contribution in [-0.2, 0) is 4.79 Å². The zero-order chi connectivity index (χ0) is 6.27. The average Bonchev–Trinajstić information content (AvgIpc) is 2.45. The maximum absolute atomic E-state index is 10.4. The third kappa shape index (κ3) is 0.640. The molecule has 0 heterocycles. The minimum Gasteiger partial charge on any atom is -0.303 e. The maximum Gasteiger partial charge on any atom is 0.123 e. The molecule has 0 radical (unpaired) electrons. The van der Waals surface area contributed by atoms with Crippen LogP contribution in [-0.4, -0.2) is 6.29 Å². The molecule has 2 aliphatic carbocycles. The van der Waals surface area contributed by atoms with Crippen molar-refractivity contribution in [2.75, 3.05) is 0 Å². The van der Waals surface area contributed by atoms with Gasteiger partial charge >= 0.3 is 0 Å². The van der Waals surface area contributed by atoms with Crippen LogP contribution in [0.3, 0.4) is 0 Å². The molecule has 2 bridgehead atoms. The van der Waals surface area contributed by atoms with Crippen LogP contribution < -0.4 is 0 Å². The maximum atomic E-state index is 10.4. The summed E-state index contributed by atoms with van der Waals surface area (Å²) in [5, 5.41) is 0. The van der Waals surface area contributed by atoms with Crippen molar-refractivity contribution in [3.63, 3.8) is 0 Å². The van der Waals surface area contributed by atoms with E-state index in [0.717, 1.165) is 18.6 Å². The van der Waals surface area contributed by atoms with E-state index in [1.807, 2.05) is 0 Å². The molecule has 3 unspecified atom stereocenters. The molecule has 0 amide bonds. The minimum atomic E-state index is 0.361. The topological polar surface area (TPSA) is 17.1 Å². The van der Waals surface area contributed by atoms with Crippen LogP contribution in [0.15, 0.2) is 12.2 Å². The van der Waals surface area contributed by atoms with Crippen molar-refractivity contribution in [1.82, 2.24) is 0 Å². The van der Waals surface area contributed by atoms with Crippen LogP contribution in [0, 0.1) is 17.8 Å². The Labute approximate surface area is 54.8 Å². The largest absolute Gasteiger partial charge is 0.303 e. The molecule has 2 aliphatic rings. The van der Waals surface area contributed by atoms with E-state index in [-0.39, 0.29) is 0 Å². The molecule has 0 N–H and O–H groups in total. The van der Waals surface area contributed by atoms with Crippen LogP contribution in [0.2, 0.25) is 0 Å². The molecule has 1 nitrogen and oxygen atoms in total. The fourth-order valence-corrected chi connectivity index (χ4v) is 1.98. The molecule has 1 saturated carbocycles. The molecule has 2 rings (SSSR count). The van der Waals surface area contributed by atoms with E-state index in [2.05, 4.69) is 12.2 Å². The Morgan fingerprint density at radius 1 is 1.33 bits per heavy atom. The minimum absolute atomic E-state index is 0.361. The van der Waals surface area contributed by atoms with Gasteiger partial charge in [0.15, 0.2) is 0 Å². The number of rotatable bonds is 1.